The van der Waals surface area contributed by atoms with E-state index in [-0.39, 0.29) is 10.8 Å². The Balaban J connectivity index is 1.53. The van der Waals surface area contributed by atoms with E-state index in [0.717, 1.165) is 31.6 Å². The van der Waals surface area contributed by atoms with Crippen molar-refractivity contribution in [3.05, 3.63) is 76.3 Å². The minimum atomic E-state index is -0.666. The van der Waals surface area contributed by atoms with Crippen molar-refractivity contribution in [3.8, 4) is 0 Å². The lowest BCUT2D eigenvalue weighted by Gasteiger charge is -2.27. The maximum absolute atomic E-state index is 13.2. The number of aliphatic hydroxyl groups excluding tert-OH is 1. The van der Waals surface area contributed by atoms with Crippen molar-refractivity contribution in [2.75, 3.05) is 19.6 Å². The van der Waals surface area contributed by atoms with Crippen LogP contribution in [0.4, 0.5) is 8.78 Å². The zero-order valence-corrected chi connectivity index (χ0v) is 14.5. The molecule has 3 rings (SSSR count). The molecule has 0 saturated carbocycles. The molecule has 2 nitrogen and oxygen atoms in total. The fourth-order valence-corrected chi connectivity index (χ4v) is 3.22. The quantitative estimate of drug-likeness (QED) is 0.822. The first kappa shape index (κ1) is 18.1. The van der Waals surface area contributed by atoms with E-state index < -0.39 is 11.9 Å². The molecule has 0 radical (unpaired) electrons. The highest BCUT2D eigenvalue weighted by Gasteiger charge is 2.16. The van der Waals surface area contributed by atoms with E-state index in [2.05, 4.69) is 11.0 Å². The zero-order chi connectivity index (χ0) is 17.8. The Hall–Kier alpha value is -1.75. The van der Waals surface area contributed by atoms with Crippen molar-refractivity contribution >= 4 is 17.2 Å². The van der Waals surface area contributed by atoms with Gasteiger partial charge in [0.1, 0.15) is 11.6 Å². The van der Waals surface area contributed by atoms with Crippen molar-refractivity contribution in [2.24, 2.45) is 0 Å². The highest BCUT2D eigenvalue weighted by molar-refractivity contribution is 6.30. The van der Waals surface area contributed by atoms with Crippen LogP contribution in [0.1, 0.15) is 30.1 Å². The SMILES string of the molecule is OC(CCN1CC=C(c2ccc(F)cc2)CC1)c1ccc(F)c(Cl)c1. The summed E-state index contributed by atoms with van der Waals surface area (Å²) in [7, 11) is 0. The molecule has 0 spiro atoms. The zero-order valence-electron chi connectivity index (χ0n) is 13.8. The molecule has 132 valence electrons. The molecule has 25 heavy (non-hydrogen) atoms. The lowest BCUT2D eigenvalue weighted by molar-refractivity contribution is 0.145. The Morgan fingerprint density at radius 3 is 2.52 bits per heavy atom. The van der Waals surface area contributed by atoms with Crippen LogP contribution in [0, 0.1) is 11.6 Å². The van der Waals surface area contributed by atoms with Crippen LogP contribution < -0.4 is 0 Å². The first-order valence-corrected chi connectivity index (χ1v) is 8.71. The predicted octanol–water partition coefficient (Wildman–Crippen LogP) is 4.83. The summed E-state index contributed by atoms with van der Waals surface area (Å²) in [5.74, 6) is -0.705. The molecule has 5 heteroatoms. The lowest BCUT2D eigenvalue weighted by atomic mass is 9.99. The van der Waals surface area contributed by atoms with Gasteiger partial charge in [-0.05, 0) is 53.8 Å². The summed E-state index contributed by atoms with van der Waals surface area (Å²) in [6, 6.07) is 10.9. The minimum absolute atomic E-state index is 0.0291. The molecule has 1 N–H and O–H groups in total. The molecule has 0 saturated heterocycles. The fraction of sp³-hybridized carbons (Fsp3) is 0.300. The first-order chi connectivity index (χ1) is 12.0. The van der Waals surface area contributed by atoms with Crippen molar-refractivity contribution in [3.63, 3.8) is 0 Å². The Morgan fingerprint density at radius 1 is 1.12 bits per heavy atom. The van der Waals surface area contributed by atoms with Crippen molar-refractivity contribution < 1.29 is 13.9 Å². The molecule has 1 heterocycles. The first-order valence-electron chi connectivity index (χ1n) is 8.33. The number of halogens is 3. The molecular weight excluding hydrogens is 344 g/mol. The molecule has 1 aliphatic heterocycles. The van der Waals surface area contributed by atoms with E-state index in [0.29, 0.717) is 12.0 Å². The van der Waals surface area contributed by atoms with E-state index in [9.17, 15) is 13.9 Å². The Bertz CT molecular complexity index is 761. The van der Waals surface area contributed by atoms with Crippen LogP contribution in [0.5, 0.6) is 0 Å². The van der Waals surface area contributed by atoms with Gasteiger partial charge in [0.15, 0.2) is 0 Å². The normalized spacial score (nSPS) is 16.6. The van der Waals surface area contributed by atoms with Gasteiger partial charge in [0.25, 0.3) is 0 Å². The van der Waals surface area contributed by atoms with Crippen LogP contribution in [0.25, 0.3) is 5.57 Å². The second-order valence-electron chi connectivity index (χ2n) is 6.26. The summed E-state index contributed by atoms with van der Waals surface area (Å²) in [6.45, 7) is 2.42. The van der Waals surface area contributed by atoms with Crippen molar-refractivity contribution in [1.29, 1.82) is 0 Å². The molecule has 2 aromatic rings. The molecule has 0 bridgehead atoms. The Labute approximate surface area is 151 Å². The maximum Gasteiger partial charge on any atom is 0.141 e. The number of hydrogen-bond acceptors (Lipinski definition) is 2. The molecule has 0 aromatic heterocycles. The van der Waals surface area contributed by atoms with Gasteiger partial charge in [-0.3, -0.25) is 4.90 Å². The van der Waals surface area contributed by atoms with Crippen LogP contribution >= 0.6 is 11.6 Å². The molecule has 1 atom stereocenters. The summed E-state index contributed by atoms with van der Waals surface area (Å²) < 4.78 is 26.2. The molecule has 0 amide bonds. The molecule has 1 aliphatic rings. The second kappa shape index (κ2) is 8.09. The fourth-order valence-electron chi connectivity index (χ4n) is 3.03. The van der Waals surface area contributed by atoms with Gasteiger partial charge >= 0.3 is 0 Å². The largest absolute Gasteiger partial charge is 0.388 e. The van der Waals surface area contributed by atoms with Crippen LogP contribution in [0.15, 0.2) is 48.5 Å². The van der Waals surface area contributed by atoms with E-state index >= 15 is 0 Å². The Morgan fingerprint density at radius 2 is 1.88 bits per heavy atom. The van der Waals surface area contributed by atoms with E-state index in [1.54, 1.807) is 18.2 Å². The van der Waals surface area contributed by atoms with E-state index in [1.165, 1.54) is 29.8 Å². The van der Waals surface area contributed by atoms with Gasteiger partial charge in [-0.2, -0.15) is 0 Å². The summed E-state index contributed by atoms with van der Waals surface area (Å²) in [5, 5.41) is 10.3. The van der Waals surface area contributed by atoms with Crippen LogP contribution in [-0.2, 0) is 0 Å². The monoisotopic (exact) mass is 363 g/mol. The van der Waals surface area contributed by atoms with Crippen LogP contribution in [-0.4, -0.2) is 29.6 Å². The number of hydrogen-bond donors (Lipinski definition) is 1. The molecular formula is C20H20ClF2NO. The molecule has 0 fully saturated rings. The topological polar surface area (TPSA) is 23.5 Å². The van der Waals surface area contributed by atoms with Crippen molar-refractivity contribution in [2.45, 2.75) is 18.9 Å². The van der Waals surface area contributed by atoms with Gasteiger partial charge in [0.2, 0.25) is 0 Å². The predicted molar refractivity (Wildman–Crippen MR) is 96.4 cm³/mol. The summed E-state index contributed by atoms with van der Waals surface area (Å²) in [4.78, 5) is 2.25. The number of rotatable bonds is 5. The van der Waals surface area contributed by atoms with Gasteiger partial charge in [-0.25, -0.2) is 8.78 Å². The molecule has 1 unspecified atom stereocenters. The number of nitrogens with zero attached hydrogens (tertiary/aromatic N) is 1. The highest BCUT2D eigenvalue weighted by atomic mass is 35.5. The Kier molecular flexibility index (Phi) is 5.84. The van der Waals surface area contributed by atoms with Gasteiger partial charge in [-0.15, -0.1) is 0 Å². The second-order valence-corrected chi connectivity index (χ2v) is 6.67. The maximum atomic E-state index is 13.2. The van der Waals surface area contributed by atoms with E-state index in [4.69, 9.17) is 11.6 Å². The van der Waals surface area contributed by atoms with E-state index in [1.807, 2.05) is 0 Å². The van der Waals surface area contributed by atoms with Gasteiger partial charge in [-0.1, -0.05) is 35.9 Å². The lowest BCUT2D eigenvalue weighted by Crippen LogP contribution is -2.30. The minimum Gasteiger partial charge on any atom is -0.388 e. The van der Waals surface area contributed by atoms with Gasteiger partial charge < -0.3 is 5.11 Å². The number of aliphatic hydroxyl groups is 1. The van der Waals surface area contributed by atoms with Gasteiger partial charge in [0.05, 0.1) is 11.1 Å². The summed E-state index contributed by atoms with van der Waals surface area (Å²) in [6.07, 6.45) is 2.93. The average molecular weight is 364 g/mol. The third-order valence-electron chi connectivity index (χ3n) is 4.56. The third-order valence-corrected chi connectivity index (χ3v) is 4.85. The number of benzene rings is 2. The molecule has 0 aliphatic carbocycles. The highest BCUT2D eigenvalue weighted by Crippen LogP contribution is 2.25. The summed E-state index contributed by atoms with van der Waals surface area (Å²) >= 11 is 5.76. The smallest absolute Gasteiger partial charge is 0.141 e. The molecule has 2 aromatic carbocycles. The van der Waals surface area contributed by atoms with Crippen LogP contribution in [0.2, 0.25) is 5.02 Å². The summed E-state index contributed by atoms with van der Waals surface area (Å²) in [5.41, 5.74) is 2.91. The van der Waals surface area contributed by atoms with Gasteiger partial charge in [0, 0.05) is 19.6 Å². The van der Waals surface area contributed by atoms with Crippen LogP contribution in [0.3, 0.4) is 0 Å². The third kappa shape index (κ3) is 4.66. The standard InChI is InChI=1S/C20H20ClF2NO/c21-18-13-16(3-6-19(18)23)20(25)9-12-24-10-7-15(8-11-24)14-1-4-17(22)5-2-14/h1-7,13,20,25H,8-12H2. The average Bonchev–Trinajstić information content (AvgIpc) is 2.63. The van der Waals surface area contributed by atoms with Crippen molar-refractivity contribution in [1.82, 2.24) is 4.90 Å².